The van der Waals surface area contributed by atoms with Crippen LogP contribution in [0, 0.1) is 5.92 Å². The van der Waals surface area contributed by atoms with Crippen LogP contribution in [0.4, 0.5) is 24.7 Å². The first-order chi connectivity index (χ1) is 16.8. The quantitative estimate of drug-likeness (QED) is 0.369. The lowest BCUT2D eigenvalue weighted by molar-refractivity contribution is -0.141. The van der Waals surface area contributed by atoms with E-state index in [1.54, 1.807) is 18.3 Å². The van der Waals surface area contributed by atoms with Gasteiger partial charge in [0, 0.05) is 29.8 Å². The lowest BCUT2D eigenvalue weighted by atomic mass is 9.95. The molecular weight excluding hydrogens is 481 g/mol. The van der Waals surface area contributed by atoms with Gasteiger partial charge in [-0.05, 0) is 56.6 Å². The summed E-state index contributed by atoms with van der Waals surface area (Å²) in [7, 11) is 0. The Morgan fingerprint density at radius 1 is 1.20 bits per heavy atom. The average Bonchev–Trinajstić information content (AvgIpc) is 3.34. The van der Waals surface area contributed by atoms with E-state index in [0.717, 1.165) is 25.6 Å². The zero-order chi connectivity index (χ0) is 24.6. The van der Waals surface area contributed by atoms with Crippen molar-refractivity contribution in [2.45, 2.75) is 56.0 Å². The second kappa shape index (κ2) is 9.56. The van der Waals surface area contributed by atoms with Crippen molar-refractivity contribution in [1.29, 1.82) is 0 Å². The standard InChI is InChI=1S/C23H25F3N6O2S/c24-23(25,26)20-17(11-32(31-20)15-3-5-16(35)6-4-15)29-21(33)18-12-34-22(30-18)14-7-8-27-19(9-14)28-10-13-1-2-13/h7-9,11-13,15-16,35H,1-6,10H2,(H,27,28)(H,29,33). The maximum Gasteiger partial charge on any atom is 0.437 e. The Morgan fingerprint density at radius 3 is 2.69 bits per heavy atom. The number of thiol groups is 1. The number of anilines is 2. The van der Waals surface area contributed by atoms with Gasteiger partial charge in [-0.25, -0.2) is 9.97 Å². The molecular formula is C23H25F3N6O2S. The SMILES string of the molecule is O=C(Nc1cn(C2CCC(S)CC2)nc1C(F)(F)F)c1coc(-c2ccnc(NCC3CC3)c2)n1. The molecule has 186 valence electrons. The molecule has 5 rings (SSSR count). The molecule has 12 heteroatoms. The third-order valence-electron chi connectivity index (χ3n) is 6.30. The van der Waals surface area contributed by atoms with Crippen LogP contribution in [-0.2, 0) is 6.18 Å². The molecule has 0 aromatic carbocycles. The largest absolute Gasteiger partial charge is 0.444 e. The van der Waals surface area contributed by atoms with Gasteiger partial charge in [0.25, 0.3) is 5.91 Å². The Morgan fingerprint density at radius 2 is 1.97 bits per heavy atom. The van der Waals surface area contributed by atoms with E-state index in [2.05, 4.69) is 38.3 Å². The number of carbonyl (C=O) groups is 1. The van der Waals surface area contributed by atoms with Crippen molar-refractivity contribution in [2.75, 3.05) is 17.2 Å². The zero-order valence-electron chi connectivity index (χ0n) is 18.8. The van der Waals surface area contributed by atoms with Crippen molar-refractivity contribution in [3.63, 3.8) is 0 Å². The zero-order valence-corrected chi connectivity index (χ0v) is 19.6. The molecule has 2 saturated carbocycles. The second-order valence-corrected chi connectivity index (χ2v) is 9.81. The predicted molar refractivity (Wildman–Crippen MR) is 126 cm³/mol. The molecule has 1 amide bonds. The molecule has 2 fully saturated rings. The van der Waals surface area contributed by atoms with Gasteiger partial charge in [-0.3, -0.25) is 9.48 Å². The lowest BCUT2D eigenvalue weighted by Gasteiger charge is -2.25. The molecule has 3 aromatic heterocycles. The molecule has 2 aliphatic carbocycles. The maximum atomic E-state index is 13.6. The molecule has 0 aliphatic heterocycles. The van der Waals surface area contributed by atoms with Gasteiger partial charge < -0.3 is 15.1 Å². The Hall–Kier alpha value is -3.02. The number of rotatable bonds is 7. The highest BCUT2D eigenvalue weighted by molar-refractivity contribution is 7.80. The second-order valence-electron chi connectivity index (χ2n) is 9.08. The molecule has 2 aliphatic rings. The Labute approximate surface area is 205 Å². The Balaban J connectivity index is 1.31. The van der Waals surface area contributed by atoms with E-state index in [0.29, 0.717) is 30.1 Å². The summed E-state index contributed by atoms with van der Waals surface area (Å²) in [5, 5.41) is 9.58. The summed E-state index contributed by atoms with van der Waals surface area (Å²) in [4.78, 5) is 21.2. The van der Waals surface area contributed by atoms with E-state index in [9.17, 15) is 18.0 Å². The Bertz CT molecular complexity index is 1200. The fourth-order valence-electron chi connectivity index (χ4n) is 4.13. The first-order valence-electron chi connectivity index (χ1n) is 11.6. The van der Waals surface area contributed by atoms with Crippen molar-refractivity contribution in [1.82, 2.24) is 19.7 Å². The van der Waals surface area contributed by atoms with Gasteiger partial charge in [-0.2, -0.15) is 30.9 Å². The van der Waals surface area contributed by atoms with Gasteiger partial charge in [-0.15, -0.1) is 0 Å². The molecule has 8 nitrogen and oxygen atoms in total. The number of oxazole rings is 1. The number of amides is 1. The maximum absolute atomic E-state index is 13.6. The van der Waals surface area contributed by atoms with Crippen LogP contribution in [0.2, 0.25) is 0 Å². The molecule has 3 aromatic rings. The van der Waals surface area contributed by atoms with Gasteiger partial charge >= 0.3 is 6.18 Å². The highest BCUT2D eigenvalue weighted by Gasteiger charge is 2.39. The molecule has 2 N–H and O–H groups in total. The van der Waals surface area contributed by atoms with Gasteiger partial charge in [-0.1, -0.05) is 0 Å². The van der Waals surface area contributed by atoms with E-state index in [1.165, 1.54) is 23.7 Å². The molecule has 0 atom stereocenters. The molecule has 3 heterocycles. The minimum atomic E-state index is -4.72. The number of hydrogen-bond donors (Lipinski definition) is 3. The number of pyridine rings is 1. The van der Waals surface area contributed by atoms with Gasteiger partial charge in [0.15, 0.2) is 11.4 Å². The van der Waals surface area contributed by atoms with E-state index >= 15 is 0 Å². The highest BCUT2D eigenvalue weighted by atomic mass is 32.1. The van der Waals surface area contributed by atoms with Crippen LogP contribution in [0.5, 0.6) is 0 Å². The average molecular weight is 507 g/mol. The minimum absolute atomic E-state index is 0.138. The van der Waals surface area contributed by atoms with Crippen molar-refractivity contribution in [2.24, 2.45) is 5.92 Å². The smallest absolute Gasteiger partial charge is 0.437 e. The topological polar surface area (TPSA) is 97.9 Å². The van der Waals surface area contributed by atoms with Gasteiger partial charge in [0.05, 0.1) is 11.7 Å². The Kier molecular flexibility index (Phi) is 6.47. The third kappa shape index (κ3) is 5.63. The number of aromatic nitrogens is 4. The van der Waals surface area contributed by atoms with Crippen molar-refractivity contribution < 1.29 is 22.4 Å². The summed E-state index contributed by atoms with van der Waals surface area (Å²) >= 11 is 4.44. The molecule has 0 spiro atoms. The highest BCUT2D eigenvalue weighted by Crippen LogP contribution is 2.37. The fourth-order valence-corrected chi connectivity index (χ4v) is 4.43. The van der Waals surface area contributed by atoms with Crippen LogP contribution < -0.4 is 10.6 Å². The van der Waals surface area contributed by atoms with E-state index in [4.69, 9.17) is 4.42 Å². The van der Waals surface area contributed by atoms with Crippen LogP contribution in [0.25, 0.3) is 11.5 Å². The summed E-state index contributed by atoms with van der Waals surface area (Å²) < 4.78 is 47.7. The van der Waals surface area contributed by atoms with Crippen LogP contribution in [0.1, 0.15) is 60.7 Å². The number of hydrogen-bond acceptors (Lipinski definition) is 7. The fraction of sp³-hybridized carbons (Fsp3) is 0.478. The molecule has 35 heavy (non-hydrogen) atoms. The molecule has 0 unspecified atom stereocenters. The van der Waals surface area contributed by atoms with E-state index in [1.807, 2.05) is 0 Å². The number of carbonyl (C=O) groups excluding carboxylic acids is 1. The third-order valence-corrected chi connectivity index (χ3v) is 6.82. The van der Waals surface area contributed by atoms with Crippen LogP contribution >= 0.6 is 12.6 Å². The lowest BCUT2D eigenvalue weighted by Crippen LogP contribution is -2.19. The summed E-state index contributed by atoms with van der Waals surface area (Å²) in [6.45, 7) is 0.834. The van der Waals surface area contributed by atoms with Crippen molar-refractivity contribution in [3.05, 3.63) is 42.2 Å². The van der Waals surface area contributed by atoms with E-state index < -0.39 is 23.5 Å². The van der Waals surface area contributed by atoms with E-state index in [-0.39, 0.29) is 22.9 Å². The predicted octanol–water partition coefficient (Wildman–Crippen LogP) is 5.44. The van der Waals surface area contributed by atoms with Crippen LogP contribution in [-0.4, -0.2) is 37.5 Å². The van der Waals surface area contributed by atoms with Gasteiger partial charge in [0.1, 0.15) is 12.1 Å². The normalized spacial score (nSPS) is 20.6. The molecule has 0 saturated heterocycles. The summed E-state index contributed by atoms with van der Waals surface area (Å²) in [6, 6.07) is 3.26. The minimum Gasteiger partial charge on any atom is -0.444 e. The number of alkyl halides is 3. The molecule has 0 bridgehead atoms. The monoisotopic (exact) mass is 506 g/mol. The number of nitrogens with zero attached hydrogens (tertiary/aromatic N) is 4. The van der Waals surface area contributed by atoms with Crippen LogP contribution in [0.3, 0.4) is 0 Å². The first kappa shape index (κ1) is 23.7. The first-order valence-corrected chi connectivity index (χ1v) is 12.1. The summed E-state index contributed by atoms with van der Waals surface area (Å²) in [6.07, 6.45) is 4.60. The molecule has 0 radical (unpaired) electrons. The summed E-state index contributed by atoms with van der Waals surface area (Å²) in [5.41, 5.74) is -1.08. The van der Waals surface area contributed by atoms with Crippen molar-refractivity contribution in [3.8, 4) is 11.5 Å². The van der Waals surface area contributed by atoms with Gasteiger partial charge in [0.2, 0.25) is 5.89 Å². The number of nitrogens with one attached hydrogen (secondary N) is 2. The number of halogens is 3. The van der Waals surface area contributed by atoms with Crippen molar-refractivity contribution >= 4 is 30.0 Å². The van der Waals surface area contributed by atoms with Crippen LogP contribution in [0.15, 0.2) is 35.2 Å². The summed E-state index contributed by atoms with van der Waals surface area (Å²) in [5.74, 6) is 0.682.